The second kappa shape index (κ2) is 10.0. The molecule has 0 aliphatic carbocycles. The van der Waals surface area contributed by atoms with Gasteiger partial charge in [0.15, 0.2) is 0 Å². The summed E-state index contributed by atoms with van der Waals surface area (Å²) in [7, 11) is 2.15. The molecule has 160 valence electrons. The van der Waals surface area contributed by atoms with Gasteiger partial charge in [0.2, 0.25) is 0 Å². The van der Waals surface area contributed by atoms with Gasteiger partial charge in [-0.05, 0) is 24.7 Å². The number of benzene rings is 1. The Morgan fingerprint density at radius 1 is 1.13 bits per heavy atom. The number of nitrogens with zero attached hydrogens (tertiary/aromatic N) is 4. The average molecular weight is 409 g/mol. The summed E-state index contributed by atoms with van der Waals surface area (Å²) in [4.78, 5) is 24.2. The first-order valence-electron chi connectivity index (χ1n) is 10.9. The summed E-state index contributed by atoms with van der Waals surface area (Å²) in [5.74, 6) is 0.840. The van der Waals surface area contributed by atoms with E-state index in [1.165, 1.54) is 5.56 Å². The van der Waals surface area contributed by atoms with E-state index in [0.717, 1.165) is 58.2 Å². The molecule has 2 aromatic rings. The van der Waals surface area contributed by atoms with E-state index in [1.807, 2.05) is 12.1 Å². The molecule has 2 fully saturated rings. The normalized spacial score (nSPS) is 20.8. The molecule has 0 saturated carbocycles. The molecule has 1 aromatic carbocycles. The van der Waals surface area contributed by atoms with E-state index < -0.39 is 0 Å². The van der Waals surface area contributed by atoms with Gasteiger partial charge in [-0.25, -0.2) is 4.98 Å². The molecule has 3 heterocycles. The van der Waals surface area contributed by atoms with Crippen molar-refractivity contribution in [2.45, 2.75) is 6.04 Å². The van der Waals surface area contributed by atoms with E-state index in [-0.39, 0.29) is 11.9 Å². The number of carbonyl (C=O) groups excluding carboxylic acids is 1. The average Bonchev–Trinajstić information content (AvgIpc) is 2.81. The first kappa shape index (κ1) is 20.8. The predicted molar refractivity (Wildman–Crippen MR) is 120 cm³/mol. The molecule has 30 heavy (non-hydrogen) atoms. The molecule has 1 atom stereocenters. The first-order chi connectivity index (χ1) is 14.7. The maximum Gasteiger partial charge on any atom is 0.251 e. The van der Waals surface area contributed by atoms with Crippen molar-refractivity contribution in [3.63, 3.8) is 0 Å². The van der Waals surface area contributed by atoms with Crippen molar-refractivity contribution in [1.29, 1.82) is 0 Å². The van der Waals surface area contributed by atoms with Gasteiger partial charge in [0.25, 0.3) is 5.91 Å². The highest BCUT2D eigenvalue weighted by atomic mass is 16.1. The number of anilines is 1. The largest absolute Gasteiger partial charge is 0.353 e. The van der Waals surface area contributed by atoms with Crippen molar-refractivity contribution < 1.29 is 4.79 Å². The Morgan fingerprint density at radius 2 is 1.93 bits per heavy atom. The molecule has 2 aliphatic heterocycles. The number of hydrogen-bond acceptors (Lipinski definition) is 6. The predicted octanol–water partition coefficient (Wildman–Crippen LogP) is 1.21. The summed E-state index contributed by atoms with van der Waals surface area (Å²) in [5.41, 5.74) is 1.95. The molecule has 7 nitrogen and oxygen atoms in total. The maximum atomic E-state index is 12.7. The lowest BCUT2D eigenvalue weighted by Gasteiger charge is -2.35. The van der Waals surface area contributed by atoms with Crippen LogP contribution in [0.25, 0.3) is 0 Å². The van der Waals surface area contributed by atoms with Crippen LogP contribution in [0.15, 0.2) is 48.7 Å². The SMILES string of the molecule is CN1CCN(CCNC(=O)c2ccnc(N3CCNC(c4ccccc4)C3)c2)CC1. The molecule has 0 bridgehead atoms. The number of aromatic nitrogens is 1. The van der Waals surface area contributed by atoms with Crippen LogP contribution >= 0.6 is 0 Å². The van der Waals surface area contributed by atoms with Crippen LogP contribution in [0.3, 0.4) is 0 Å². The monoisotopic (exact) mass is 408 g/mol. The van der Waals surface area contributed by atoms with E-state index in [4.69, 9.17) is 0 Å². The molecule has 2 saturated heterocycles. The van der Waals surface area contributed by atoms with Gasteiger partial charge in [-0.3, -0.25) is 9.69 Å². The zero-order chi connectivity index (χ0) is 20.8. The molecule has 1 aromatic heterocycles. The van der Waals surface area contributed by atoms with Gasteiger partial charge in [0.05, 0.1) is 0 Å². The summed E-state index contributed by atoms with van der Waals surface area (Å²) in [5, 5.41) is 6.65. The molecule has 0 spiro atoms. The van der Waals surface area contributed by atoms with Crippen LogP contribution in [-0.4, -0.2) is 86.6 Å². The molecule has 2 N–H and O–H groups in total. The molecule has 2 aliphatic rings. The molecule has 0 radical (unpaired) electrons. The zero-order valence-corrected chi connectivity index (χ0v) is 17.8. The lowest BCUT2D eigenvalue weighted by molar-refractivity contribution is 0.0941. The van der Waals surface area contributed by atoms with Crippen molar-refractivity contribution in [2.24, 2.45) is 0 Å². The lowest BCUT2D eigenvalue weighted by Crippen LogP contribution is -2.47. The minimum Gasteiger partial charge on any atom is -0.353 e. The number of carbonyl (C=O) groups is 1. The number of pyridine rings is 1. The van der Waals surface area contributed by atoms with E-state index in [0.29, 0.717) is 12.1 Å². The smallest absolute Gasteiger partial charge is 0.251 e. The quantitative estimate of drug-likeness (QED) is 0.749. The van der Waals surface area contributed by atoms with E-state index in [2.05, 4.69) is 61.6 Å². The Hall–Kier alpha value is -2.48. The summed E-state index contributed by atoms with van der Waals surface area (Å²) >= 11 is 0. The van der Waals surface area contributed by atoms with Crippen molar-refractivity contribution in [1.82, 2.24) is 25.4 Å². The van der Waals surface area contributed by atoms with E-state index in [9.17, 15) is 4.79 Å². The fourth-order valence-electron chi connectivity index (χ4n) is 4.10. The van der Waals surface area contributed by atoms with Crippen molar-refractivity contribution >= 4 is 11.7 Å². The highest BCUT2D eigenvalue weighted by Gasteiger charge is 2.22. The number of nitrogens with one attached hydrogen (secondary N) is 2. The molecule has 4 rings (SSSR count). The minimum atomic E-state index is -0.0254. The summed E-state index contributed by atoms with van der Waals surface area (Å²) in [6.07, 6.45) is 1.74. The van der Waals surface area contributed by atoms with Gasteiger partial charge in [0.1, 0.15) is 5.82 Å². The van der Waals surface area contributed by atoms with Gasteiger partial charge in [-0.2, -0.15) is 0 Å². The number of amides is 1. The van der Waals surface area contributed by atoms with Gasteiger partial charge in [-0.1, -0.05) is 30.3 Å². The third-order valence-electron chi connectivity index (χ3n) is 6.02. The number of hydrogen-bond donors (Lipinski definition) is 2. The molecule has 1 unspecified atom stereocenters. The van der Waals surface area contributed by atoms with E-state index in [1.54, 1.807) is 12.3 Å². The van der Waals surface area contributed by atoms with Crippen LogP contribution < -0.4 is 15.5 Å². The molecular weight excluding hydrogens is 376 g/mol. The van der Waals surface area contributed by atoms with Crippen molar-refractivity contribution in [3.05, 3.63) is 59.8 Å². The fourth-order valence-corrected chi connectivity index (χ4v) is 4.10. The Balaban J connectivity index is 1.32. The van der Waals surface area contributed by atoms with Crippen molar-refractivity contribution in [2.75, 3.05) is 70.9 Å². The topological polar surface area (TPSA) is 63.7 Å². The Kier molecular flexibility index (Phi) is 6.94. The van der Waals surface area contributed by atoms with Crippen LogP contribution in [0.1, 0.15) is 22.0 Å². The molecule has 7 heteroatoms. The summed E-state index contributed by atoms with van der Waals surface area (Å²) in [6.45, 7) is 8.50. The standard InChI is InChI=1S/C23H32N6O/c1-27-13-15-28(16-14-27)11-9-26-23(30)20-7-8-25-22(17-20)29-12-10-24-21(18-29)19-5-3-2-4-6-19/h2-8,17,21,24H,9-16,18H2,1H3,(H,26,30). The second-order valence-electron chi connectivity index (χ2n) is 8.17. The molecule has 1 amide bonds. The minimum absolute atomic E-state index is 0.0254. The van der Waals surface area contributed by atoms with Crippen LogP contribution in [-0.2, 0) is 0 Å². The van der Waals surface area contributed by atoms with E-state index >= 15 is 0 Å². The lowest BCUT2D eigenvalue weighted by atomic mass is 10.0. The highest BCUT2D eigenvalue weighted by Crippen LogP contribution is 2.21. The van der Waals surface area contributed by atoms with Crippen LogP contribution in [0.5, 0.6) is 0 Å². The second-order valence-corrected chi connectivity index (χ2v) is 8.17. The number of rotatable bonds is 6. The van der Waals surface area contributed by atoms with Crippen LogP contribution in [0.4, 0.5) is 5.82 Å². The van der Waals surface area contributed by atoms with Gasteiger partial charge >= 0.3 is 0 Å². The van der Waals surface area contributed by atoms with Gasteiger partial charge in [-0.15, -0.1) is 0 Å². The summed E-state index contributed by atoms with van der Waals surface area (Å²) < 4.78 is 0. The molecular formula is C23H32N6O. The zero-order valence-electron chi connectivity index (χ0n) is 17.8. The summed E-state index contributed by atoms with van der Waals surface area (Å²) in [6, 6.07) is 14.5. The van der Waals surface area contributed by atoms with Gasteiger partial charge < -0.3 is 20.4 Å². The number of piperazine rings is 2. The Labute approximate surface area is 179 Å². The third-order valence-corrected chi connectivity index (χ3v) is 6.02. The highest BCUT2D eigenvalue weighted by molar-refractivity contribution is 5.94. The fraction of sp³-hybridized carbons (Fsp3) is 0.478. The third kappa shape index (κ3) is 5.36. The Morgan fingerprint density at radius 3 is 2.73 bits per heavy atom. The van der Waals surface area contributed by atoms with Gasteiger partial charge in [0, 0.05) is 76.7 Å². The van der Waals surface area contributed by atoms with Crippen LogP contribution in [0, 0.1) is 0 Å². The van der Waals surface area contributed by atoms with Crippen molar-refractivity contribution in [3.8, 4) is 0 Å². The van der Waals surface area contributed by atoms with Crippen LogP contribution in [0.2, 0.25) is 0 Å². The first-order valence-corrected chi connectivity index (χ1v) is 10.9. The Bertz CT molecular complexity index is 821. The maximum absolute atomic E-state index is 12.7. The number of likely N-dealkylation sites (N-methyl/N-ethyl adjacent to an activating group) is 1.